The zero-order valence-electron chi connectivity index (χ0n) is 34.5. The first-order valence-electron chi connectivity index (χ1n) is 21.4. The van der Waals surface area contributed by atoms with E-state index in [2.05, 4.69) is 163 Å². The van der Waals surface area contributed by atoms with Gasteiger partial charge in [0.1, 0.15) is 16.9 Å². The van der Waals surface area contributed by atoms with Crippen LogP contribution in [0.4, 0.5) is 5.69 Å². The quantitative estimate of drug-likeness (QED) is 0.165. The number of para-hydroxylation sites is 1. The molecule has 1 N–H and O–H groups in total. The van der Waals surface area contributed by atoms with Gasteiger partial charge in [-0.15, -0.1) is 0 Å². The van der Waals surface area contributed by atoms with Crippen molar-refractivity contribution in [2.75, 3.05) is 5.32 Å². The molecule has 0 saturated heterocycles. The average Bonchev–Trinajstić information content (AvgIpc) is 3.99. The van der Waals surface area contributed by atoms with E-state index in [1.54, 1.807) is 0 Å². The zero-order chi connectivity index (χ0) is 42.4. The van der Waals surface area contributed by atoms with Gasteiger partial charge in [0, 0.05) is 33.0 Å². The van der Waals surface area contributed by atoms with Crippen molar-refractivity contribution >= 4 is 27.6 Å². The Kier molecular flexibility index (Phi) is 9.12. The Hall–Kier alpha value is -8.61. The molecule has 6 heteroatoms. The first-order chi connectivity index (χ1) is 31.7. The van der Waals surface area contributed by atoms with Crippen LogP contribution in [0.25, 0.3) is 101 Å². The van der Waals surface area contributed by atoms with Crippen molar-refractivity contribution in [1.29, 1.82) is 0 Å². The molecule has 9 aromatic carbocycles. The topological polar surface area (TPSA) is 73.1 Å². The van der Waals surface area contributed by atoms with Crippen LogP contribution in [0.15, 0.2) is 223 Å². The van der Waals surface area contributed by atoms with Crippen LogP contribution in [0, 0.1) is 0 Å². The molecule has 0 bridgehead atoms. The fraction of sp³-hybridized carbons (Fsp3) is 0.0172. The molecule has 1 unspecified atom stereocenters. The molecule has 2 aromatic heterocycles. The van der Waals surface area contributed by atoms with Crippen LogP contribution in [0.3, 0.4) is 0 Å². The second-order valence-electron chi connectivity index (χ2n) is 16.0. The molecule has 1 aliphatic rings. The minimum absolute atomic E-state index is 0.196. The number of fused-ring (bicyclic) bond motifs is 4. The van der Waals surface area contributed by atoms with E-state index in [1.807, 2.05) is 60.7 Å². The van der Waals surface area contributed by atoms with Gasteiger partial charge in [-0.05, 0) is 80.9 Å². The number of benzene rings is 9. The maximum atomic E-state index is 6.30. The van der Waals surface area contributed by atoms with Crippen LogP contribution in [-0.2, 0) is 0 Å². The Morgan fingerprint density at radius 2 is 0.844 bits per heavy atom. The number of aromatic nitrogens is 3. The normalized spacial score (nSPS) is 13.1. The van der Waals surface area contributed by atoms with Gasteiger partial charge < -0.3 is 14.5 Å². The van der Waals surface area contributed by atoms with Crippen LogP contribution in [-0.4, -0.2) is 15.0 Å². The summed E-state index contributed by atoms with van der Waals surface area (Å²) in [6.07, 6.45) is -0.196. The van der Waals surface area contributed by atoms with Gasteiger partial charge in [-0.1, -0.05) is 182 Å². The number of ether oxygens (including phenoxy) is 1. The number of nitrogens with zero attached hydrogens (tertiary/aromatic N) is 3. The zero-order valence-corrected chi connectivity index (χ0v) is 34.5. The monoisotopic (exact) mass is 822 g/mol. The van der Waals surface area contributed by atoms with E-state index in [9.17, 15) is 0 Å². The summed E-state index contributed by atoms with van der Waals surface area (Å²) in [5, 5.41) is 5.53. The lowest BCUT2D eigenvalue weighted by molar-refractivity contribution is 0.260. The summed E-state index contributed by atoms with van der Waals surface area (Å²) in [5.41, 5.74) is 15.4. The van der Waals surface area contributed by atoms with Crippen molar-refractivity contribution in [2.24, 2.45) is 0 Å². The number of hydrogen-bond donors (Lipinski definition) is 1. The predicted molar refractivity (Wildman–Crippen MR) is 259 cm³/mol. The Labute approximate surface area is 370 Å². The summed E-state index contributed by atoms with van der Waals surface area (Å²) in [6.45, 7) is 0. The highest BCUT2D eigenvalue weighted by atomic mass is 16.5. The van der Waals surface area contributed by atoms with Gasteiger partial charge in [0.25, 0.3) is 0 Å². The van der Waals surface area contributed by atoms with Gasteiger partial charge in [-0.2, -0.15) is 0 Å². The Bertz CT molecular complexity index is 3490. The van der Waals surface area contributed by atoms with Crippen molar-refractivity contribution in [3.8, 4) is 84.4 Å². The molecule has 0 radical (unpaired) electrons. The van der Waals surface area contributed by atoms with E-state index >= 15 is 0 Å². The van der Waals surface area contributed by atoms with E-state index in [0.717, 1.165) is 94.6 Å². The molecule has 1 aliphatic heterocycles. The highest BCUT2D eigenvalue weighted by Crippen LogP contribution is 2.41. The third-order valence-corrected chi connectivity index (χ3v) is 12.0. The SMILES string of the molecule is c1ccc(-c2cccc(-c3cccc(-c4nc(-c5ccc(-c6ccc(-c7ccc8c(c7)NC(c7ccccc7)O8)cc6)cc5)nc(-c5cccc6oc7ccccc7c56)n4)c3)c2)cc1. The number of nitrogens with one attached hydrogen (secondary N) is 1. The average molecular weight is 823 g/mol. The van der Waals surface area contributed by atoms with Crippen molar-refractivity contribution in [3.05, 3.63) is 224 Å². The van der Waals surface area contributed by atoms with Gasteiger partial charge in [-0.25, -0.2) is 15.0 Å². The predicted octanol–water partition coefficient (Wildman–Crippen LogP) is 14.9. The second kappa shape index (κ2) is 15.7. The highest BCUT2D eigenvalue weighted by molar-refractivity contribution is 6.11. The van der Waals surface area contributed by atoms with E-state index < -0.39 is 0 Å². The van der Waals surface area contributed by atoms with E-state index in [0.29, 0.717) is 17.5 Å². The van der Waals surface area contributed by atoms with E-state index in [1.165, 1.54) is 5.56 Å². The fourth-order valence-corrected chi connectivity index (χ4v) is 8.73. The van der Waals surface area contributed by atoms with Crippen molar-refractivity contribution < 1.29 is 9.15 Å². The minimum Gasteiger partial charge on any atom is -0.464 e. The molecular weight excluding hydrogens is 785 g/mol. The van der Waals surface area contributed by atoms with Crippen molar-refractivity contribution in [1.82, 2.24) is 15.0 Å². The van der Waals surface area contributed by atoms with Crippen molar-refractivity contribution in [2.45, 2.75) is 6.23 Å². The molecular formula is C58H38N4O2. The lowest BCUT2D eigenvalue weighted by Crippen LogP contribution is -2.09. The number of furan rings is 1. The van der Waals surface area contributed by atoms with Crippen LogP contribution in [0.5, 0.6) is 5.75 Å². The number of anilines is 1. The molecule has 0 amide bonds. The molecule has 0 fully saturated rings. The van der Waals surface area contributed by atoms with Crippen LogP contribution in [0.2, 0.25) is 0 Å². The Balaban J connectivity index is 0.886. The smallest absolute Gasteiger partial charge is 0.196 e. The maximum Gasteiger partial charge on any atom is 0.196 e. The maximum absolute atomic E-state index is 6.30. The van der Waals surface area contributed by atoms with Gasteiger partial charge in [0.05, 0.1) is 5.69 Å². The molecule has 1 atom stereocenters. The van der Waals surface area contributed by atoms with Gasteiger partial charge >= 0.3 is 0 Å². The van der Waals surface area contributed by atoms with Gasteiger partial charge in [0.15, 0.2) is 23.7 Å². The summed E-state index contributed by atoms with van der Waals surface area (Å²) in [6, 6.07) is 75.5. The summed E-state index contributed by atoms with van der Waals surface area (Å²) in [7, 11) is 0. The minimum atomic E-state index is -0.196. The molecule has 302 valence electrons. The van der Waals surface area contributed by atoms with E-state index in [-0.39, 0.29) is 6.23 Å². The Morgan fingerprint density at radius 1 is 0.359 bits per heavy atom. The molecule has 12 rings (SSSR count). The highest BCUT2D eigenvalue weighted by Gasteiger charge is 2.24. The molecule has 3 heterocycles. The number of hydrogen-bond acceptors (Lipinski definition) is 6. The first kappa shape index (κ1) is 37.2. The van der Waals surface area contributed by atoms with Crippen LogP contribution >= 0.6 is 0 Å². The third-order valence-electron chi connectivity index (χ3n) is 12.0. The molecule has 0 saturated carbocycles. The second-order valence-corrected chi connectivity index (χ2v) is 16.0. The summed E-state index contributed by atoms with van der Waals surface area (Å²) < 4.78 is 12.5. The van der Waals surface area contributed by atoms with Gasteiger partial charge in [-0.3, -0.25) is 0 Å². The molecule has 0 spiro atoms. The van der Waals surface area contributed by atoms with Crippen LogP contribution < -0.4 is 10.1 Å². The first-order valence-corrected chi connectivity index (χ1v) is 21.4. The van der Waals surface area contributed by atoms with Gasteiger partial charge in [0.2, 0.25) is 0 Å². The summed E-state index contributed by atoms with van der Waals surface area (Å²) in [5.74, 6) is 2.62. The summed E-state index contributed by atoms with van der Waals surface area (Å²) in [4.78, 5) is 15.5. The third kappa shape index (κ3) is 6.93. The molecule has 11 aromatic rings. The summed E-state index contributed by atoms with van der Waals surface area (Å²) >= 11 is 0. The molecule has 6 nitrogen and oxygen atoms in total. The number of rotatable bonds is 8. The fourth-order valence-electron chi connectivity index (χ4n) is 8.73. The van der Waals surface area contributed by atoms with E-state index in [4.69, 9.17) is 24.1 Å². The standard InChI is InChI=1S/C58H38N4O2/c1-3-12-37(13-4-1)43-16-9-17-44(34-43)45-18-10-19-47(35-45)56-60-55(61-57(62-56)49-21-11-23-53-54(49)48-20-7-8-22-51(48)63-53)41-30-28-39(29-31-41)38-24-26-40(27-25-38)46-32-33-52-50(36-46)59-58(64-52)42-14-5-2-6-15-42/h1-36,58-59H. The van der Waals surface area contributed by atoms with Crippen LogP contribution in [0.1, 0.15) is 11.8 Å². The lowest BCUT2D eigenvalue weighted by Gasteiger charge is -2.11. The Morgan fingerprint density at radius 3 is 1.58 bits per heavy atom. The molecule has 64 heavy (non-hydrogen) atoms. The largest absolute Gasteiger partial charge is 0.464 e. The lowest BCUT2D eigenvalue weighted by atomic mass is 9.98. The molecule has 0 aliphatic carbocycles. The van der Waals surface area contributed by atoms with Crippen molar-refractivity contribution in [3.63, 3.8) is 0 Å².